The molecule has 2 aliphatic rings. The average molecular weight is 368 g/mol. The highest BCUT2D eigenvalue weighted by Gasteiger charge is 2.26. The van der Waals surface area contributed by atoms with Gasteiger partial charge in [-0.15, -0.1) is 0 Å². The highest BCUT2D eigenvalue weighted by Crippen LogP contribution is 2.36. The fraction of sp³-hybridized carbons (Fsp3) is 0.450. The lowest BCUT2D eigenvalue weighted by Crippen LogP contribution is -2.11. The first-order valence-corrected chi connectivity index (χ1v) is 9.31. The maximum Gasteiger partial charge on any atom is 0.224 e. The number of fused-ring (bicyclic) bond motifs is 1. The molecule has 0 aliphatic heterocycles. The Bertz CT molecular complexity index is 943. The van der Waals surface area contributed by atoms with E-state index in [2.05, 4.69) is 25.2 Å². The van der Waals surface area contributed by atoms with Gasteiger partial charge in [-0.1, -0.05) is 32.4 Å². The molecule has 0 unspecified atom stereocenters. The second-order valence-electron chi connectivity index (χ2n) is 7.17. The summed E-state index contributed by atoms with van der Waals surface area (Å²) in [6, 6.07) is 7.49. The number of rotatable bonds is 5. The molecule has 5 rings (SSSR count). The molecule has 0 atom stereocenters. The van der Waals surface area contributed by atoms with Gasteiger partial charge in [0.2, 0.25) is 11.9 Å². The number of benzene rings is 1. The van der Waals surface area contributed by atoms with Crippen LogP contribution in [0.3, 0.4) is 0 Å². The molecule has 3 aromatic rings. The lowest BCUT2D eigenvalue weighted by Gasteiger charge is -2.17. The smallest absolute Gasteiger partial charge is 0.224 e. The number of hydrogen-bond acceptors (Lipinski definition) is 5. The summed E-state index contributed by atoms with van der Waals surface area (Å²) in [5.74, 6) is 0.992. The topological polar surface area (TPSA) is 67.7 Å². The van der Waals surface area contributed by atoms with Gasteiger partial charge in [-0.25, -0.2) is 14.4 Å². The van der Waals surface area contributed by atoms with Gasteiger partial charge in [0, 0.05) is 12.1 Å². The quantitative estimate of drug-likeness (QED) is 0.661. The van der Waals surface area contributed by atoms with Crippen molar-refractivity contribution < 1.29 is 4.39 Å². The third kappa shape index (κ3) is 3.46. The van der Waals surface area contributed by atoms with Gasteiger partial charge in [0.05, 0.1) is 11.9 Å². The maximum atomic E-state index is 14.1. The largest absolute Gasteiger partial charge is 0.351 e. The molecule has 2 aromatic heterocycles. The number of anilines is 3. The Labute approximate surface area is 158 Å². The minimum Gasteiger partial charge on any atom is -0.351 e. The van der Waals surface area contributed by atoms with E-state index in [0.717, 1.165) is 24.0 Å². The molecule has 27 heavy (non-hydrogen) atoms. The molecule has 1 aromatic carbocycles. The van der Waals surface area contributed by atoms with Crippen LogP contribution in [0, 0.1) is 5.82 Å². The van der Waals surface area contributed by atoms with Crippen molar-refractivity contribution in [3.05, 3.63) is 36.3 Å². The maximum absolute atomic E-state index is 14.1. The minimum atomic E-state index is -0.292. The Morgan fingerprint density at radius 2 is 1.81 bits per heavy atom. The van der Waals surface area contributed by atoms with Crippen LogP contribution < -0.4 is 10.6 Å². The summed E-state index contributed by atoms with van der Waals surface area (Å²) in [4.78, 5) is 13.8. The number of nitrogens with one attached hydrogen (secondary N) is 2. The molecular formula is C20H25FN6. The van der Waals surface area contributed by atoms with Crippen molar-refractivity contribution >= 4 is 28.7 Å². The molecule has 2 aliphatic carbocycles. The Hall–Kier alpha value is -2.70. The van der Waals surface area contributed by atoms with E-state index in [1.165, 1.54) is 31.7 Å². The molecule has 6 nitrogen and oxygen atoms in total. The second-order valence-corrected chi connectivity index (χ2v) is 7.17. The van der Waals surface area contributed by atoms with E-state index in [1.54, 1.807) is 18.3 Å². The van der Waals surface area contributed by atoms with E-state index < -0.39 is 0 Å². The summed E-state index contributed by atoms with van der Waals surface area (Å²) in [5, 5.41) is 6.52. The average Bonchev–Trinajstić information content (AvgIpc) is 3.16. The zero-order valence-corrected chi connectivity index (χ0v) is 14.5. The van der Waals surface area contributed by atoms with Crippen LogP contribution in [0.25, 0.3) is 11.2 Å². The second kappa shape index (κ2) is 7.13. The van der Waals surface area contributed by atoms with Crippen LogP contribution in [-0.4, -0.2) is 25.6 Å². The third-order valence-corrected chi connectivity index (χ3v) is 5.15. The number of hydrogen-bond donors (Lipinski definition) is 2. The Morgan fingerprint density at radius 1 is 1.04 bits per heavy atom. The molecule has 0 amide bonds. The van der Waals surface area contributed by atoms with Crippen molar-refractivity contribution in [2.45, 2.75) is 58.0 Å². The molecule has 2 N–H and O–H groups in total. The van der Waals surface area contributed by atoms with Crippen LogP contribution in [-0.2, 0) is 0 Å². The molecule has 0 saturated heterocycles. The highest BCUT2D eigenvalue weighted by atomic mass is 19.1. The predicted molar refractivity (Wildman–Crippen MR) is 106 cm³/mol. The number of imidazole rings is 1. The van der Waals surface area contributed by atoms with Crippen molar-refractivity contribution in [2.24, 2.45) is 0 Å². The van der Waals surface area contributed by atoms with E-state index in [1.807, 2.05) is 6.07 Å². The summed E-state index contributed by atoms with van der Waals surface area (Å²) >= 11 is 0. The summed E-state index contributed by atoms with van der Waals surface area (Å²) in [6.07, 6.45) is 8.67. The van der Waals surface area contributed by atoms with Crippen molar-refractivity contribution in [3.8, 4) is 0 Å². The van der Waals surface area contributed by atoms with Gasteiger partial charge >= 0.3 is 0 Å². The fourth-order valence-electron chi connectivity index (χ4n) is 3.65. The number of nitrogens with zero attached hydrogens (tertiary/aromatic N) is 4. The molecule has 2 saturated carbocycles. The van der Waals surface area contributed by atoms with Gasteiger partial charge in [0.15, 0.2) is 5.65 Å². The lowest BCUT2D eigenvalue weighted by molar-refractivity contribution is 0.535. The summed E-state index contributed by atoms with van der Waals surface area (Å²) < 4.78 is 16.3. The minimum absolute atomic E-state index is 0. The SMILES string of the molecule is C.Fc1ccccc1Nc1nc2cnc(NC3CC3)nc2n1C1CCCC1. The summed E-state index contributed by atoms with van der Waals surface area (Å²) in [7, 11) is 0. The Balaban J connectivity index is 0.00000180. The molecule has 0 radical (unpaired) electrons. The van der Waals surface area contributed by atoms with Crippen molar-refractivity contribution in [2.75, 3.05) is 10.6 Å². The van der Waals surface area contributed by atoms with E-state index in [-0.39, 0.29) is 13.2 Å². The van der Waals surface area contributed by atoms with Gasteiger partial charge in [0.1, 0.15) is 11.3 Å². The van der Waals surface area contributed by atoms with Crippen LogP contribution in [0.4, 0.5) is 22.0 Å². The van der Waals surface area contributed by atoms with Crippen molar-refractivity contribution in [1.29, 1.82) is 0 Å². The standard InChI is InChI=1S/C19H21FN6.CH4/c20-14-7-3-4-8-15(14)23-19-24-16-11-21-18(22-12-9-10-12)25-17(16)26(19)13-5-1-2-6-13;/h3-4,7-8,11-13H,1-2,5-6,9-10H2,(H,23,24)(H,21,22,25);1H4. The monoisotopic (exact) mass is 368 g/mol. The Kier molecular flexibility index (Phi) is 4.68. The molecule has 0 bridgehead atoms. The van der Waals surface area contributed by atoms with Crippen LogP contribution in [0.1, 0.15) is 52.0 Å². The first-order chi connectivity index (χ1) is 12.8. The number of aromatic nitrogens is 4. The number of halogens is 1. The van der Waals surface area contributed by atoms with Gasteiger partial charge in [-0.05, 0) is 37.8 Å². The third-order valence-electron chi connectivity index (χ3n) is 5.15. The molecule has 0 spiro atoms. The van der Waals surface area contributed by atoms with Crippen LogP contribution in [0.15, 0.2) is 30.5 Å². The lowest BCUT2D eigenvalue weighted by atomic mass is 10.2. The van der Waals surface area contributed by atoms with E-state index >= 15 is 0 Å². The van der Waals surface area contributed by atoms with Crippen molar-refractivity contribution in [3.63, 3.8) is 0 Å². The zero-order chi connectivity index (χ0) is 17.5. The zero-order valence-electron chi connectivity index (χ0n) is 14.5. The molecule has 142 valence electrons. The molecule has 2 heterocycles. The number of para-hydroxylation sites is 1. The molecule has 7 heteroatoms. The van der Waals surface area contributed by atoms with E-state index in [0.29, 0.717) is 29.7 Å². The highest BCUT2D eigenvalue weighted by molar-refractivity contribution is 5.76. The Morgan fingerprint density at radius 3 is 2.56 bits per heavy atom. The molecular weight excluding hydrogens is 343 g/mol. The van der Waals surface area contributed by atoms with Gasteiger partial charge < -0.3 is 10.6 Å². The first-order valence-electron chi connectivity index (χ1n) is 9.31. The van der Waals surface area contributed by atoms with E-state index in [4.69, 9.17) is 4.98 Å². The first kappa shape index (κ1) is 17.7. The fourth-order valence-corrected chi connectivity index (χ4v) is 3.65. The summed E-state index contributed by atoms with van der Waals surface area (Å²) in [5.41, 5.74) is 1.97. The van der Waals surface area contributed by atoms with Crippen molar-refractivity contribution in [1.82, 2.24) is 19.5 Å². The molecule has 2 fully saturated rings. The van der Waals surface area contributed by atoms with E-state index in [9.17, 15) is 4.39 Å². The van der Waals surface area contributed by atoms with Crippen LogP contribution >= 0.6 is 0 Å². The summed E-state index contributed by atoms with van der Waals surface area (Å²) in [6.45, 7) is 0. The van der Waals surface area contributed by atoms with Gasteiger partial charge in [0.25, 0.3) is 0 Å². The van der Waals surface area contributed by atoms with Crippen LogP contribution in [0.2, 0.25) is 0 Å². The normalized spacial score (nSPS) is 17.1. The predicted octanol–water partition coefficient (Wildman–Crippen LogP) is 5.03. The van der Waals surface area contributed by atoms with Gasteiger partial charge in [-0.2, -0.15) is 4.98 Å². The van der Waals surface area contributed by atoms with Crippen LogP contribution in [0.5, 0.6) is 0 Å². The van der Waals surface area contributed by atoms with Gasteiger partial charge in [-0.3, -0.25) is 4.57 Å².